The Bertz CT molecular complexity index is 143. The summed E-state index contributed by atoms with van der Waals surface area (Å²) in [4.78, 5) is 2.17. The normalized spacial score (nSPS) is 37.2. The van der Waals surface area contributed by atoms with Gasteiger partial charge in [-0.15, -0.1) is 0 Å². The van der Waals surface area contributed by atoms with Crippen LogP contribution in [0.5, 0.6) is 0 Å². The molecule has 1 fully saturated rings. The monoisotopic (exact) mass is 171 g/mol. The molecule has 0 spiro atoms. The summed E-state index contributed by atoms with van der Waals surface area (Å²) in [5.41, 5.74) is -0.414. The van der Waals surface area contributed by atoms with Crippen LogP contribution in [0.25, 0.3) is 0 Å². The molecule has 2 nitrogen and oxygen atoms in total. The molecular weight excluding hydrogens is 150 g/mol. The molecule has 0 aromatic carbocycles. The summed E-state index contributed by atoms with van der Waals surface area (Å²) in [5, 5.41) is 10.1. The molecule has 0 radical (unpaired) electrons. The highest BCUT2D eigenvalue weighted by Crippen LogP contribution is 2.33. The zero-order valence-corrected chi connectivity index (χ0v) is 8.51. The highest BCUT2D eigenvalue weighted by atomic mass is 16.3. The molecule has 1 aliphatic carbocycles. The molecule has 1 N–H and O–H groups in total. The first-order valence-corrected chi connectivity index (χ1v) is 4.89. The van der Waals surface area contributed by atoms with Crippen molar-refractivity contribution in [1.82, 2.24) is 4.90 Å². The molecule has 0 unspecified atom stereocenters. The Morgan fingerprint density at radius 3 is 2.58 bits per heavy atom. The Labute approximate surface area is 75.6 Å². The third-order valence-electron chi connectivity index (χ3n) is 2.95. The van der Waals surface area contributed by atoms with Crippen LogP contribution in [0.1, 0.15) is 32.6 Å². The molecule has 0 aromatic rings. The number of hydrogen-bond acceptors (Lipinski definition) is 2. The van der Waals surface area contributed by atoms with Gasteiger partial charge in [0.2, 0.25) is 0 Å². The van der Waals surface area contributed by atoms with Crippen molar-refractivity contribution < 1.29 is 5.11 Å². The van der Waals surface area contributed by atoms with E-state index in [9.17, 15) is 5.11 Å². The Hall–Kier alpha value is -0.0800. The lowest BCUT2D eigenvalue weighted by molar-refractivity contribution is -0.0398. The third kappa shape index (κ3) is 2.46. The van der Waals surface area contributed by atoms with E-state index in [0.717, 1.165) is 13.0 Å². The maximum absolute atomic E-state index is 10.1. The van der Waals surface area contributed by atoms with Crippen molar-refractivity contribution in [2.24, 2.45) is 5.92 Å². The van der Waals surface area contributed by atoms with Crippen molar-refractivity contribution in [3.05, 3.63) is 0 Å². The highest BCUT2D eigenvalue weighted by molar-refractivity contribution is 4.86. The fourth-order valence-electron chi connectivity index (χ4n) is 2.12. The predicted octanol–water partition coefficient (Wildman–Crippen LogP) is 1.49. The van der Waals surface area contributed by atoms with Gasteiger partial charge < -0.3 is 10.0 Å². The maximum Gasteiger partial charge on any atom is 0.0660 e. The summed E-state index contributed by atoms with van der Waals surface area (Å²) >= 11 is 0. The molecule has 1 rings (SSSR count). The van der Waals surface area contributed by atoms with E-state index in [1.165, 1.54) is 19.3 Å². The average molecular weight is 171 g/mol. The zero-order valence-electron chi connectivity index (χ0n) is 8.51. The van der Waals surface area contributed by atoms with Gasteiger partial charge in [0.25, 0.3) is 0 Å². The second-order valence-electron chi connectivity index (χ2n) is 4.56. The van der Waals surface area contributed by atoms with E-state index in [1.54, 1.807) is 0 Å². The first kappa shape index (κ1) is 10.0. The van der Waals surface area contributed by atoms with Gasteiger partial charge >= 0.3 is 0 Å². The summed E-state index contributed by atoms with van der Waals surface area (Å²) in [6.45, 7) is 3.01. The van der Waals surface area contributed by atoms with Crippen LogP contribution >= 0.6 is 0 Å². The van der Waals surface area contributed by atoms with E-state index >= 15 is 0 Å². The molecular formula is C10H21NO. The van der Waals surface area contributed by atoms with Crippen molar-refractivity contribution in [2.45, 2.75) is 38.2 Å². The second kappa shape index (κ2) is 3.75. The molecule has 0 heterocycles. The molecule has 0 saturated heterocycles. The Morgan fingerprint density at radius 2 is 2.08 bits per heavy atom. The highest BCUT2D eigenvalue weighted by Gasteiger charge is 2.34. The standard InChI is InChI=1S/C10H21NO/c1-10(12)7-5-4-6-9(10)8-11(2)3/h9,12H,4-8H2,1-3H3/t9-,10+/m1/s1. The van der Waals surface area contributed by atoms with Crippen LogP contribution in [0.4, 0.5) is 0 Å². The summed E-state index contributed by atoms with van der Waals surface area (Å²) in [7, 11) is 4.15. The number of nitrogens with zero attached hydrogens (tertiary/aromatic N) is 1. The summed E-state index contributed by atoms with van der Waals surface area (Å²) < 4.78 is 0. The van der Waals surface area contributed by atoms with Gasteiger partial charge in [-0.05, 0) is 33.9 Å². The van der Waals surface area contributed by atoms with E-state index in [-0.39, 0.29) is 0 Å². The first-order valence-electron chi connectivity index (χ1n) is 4.89. The topological polar surface area (TPSA) is 23.5 Å². The van der Waals surface area contributed by atoms with Crippen molar-refractivity contribution in [3.8, 4) is 0 Å². The van der Waals surface area contributed by atoms with Crippen LogP contribution in [0.15, 0.2) is 0 Å². The minimum absolute atomic E-state index is 0.414. The molecule has 0 bridgehead atoms. The first-order chi connectivity index (χ1) is 5.52. The Balaban J connectivity index is 2.48. The van der Waals surface area contributed by atoms with E-state index < -0.39 is 5.60 Å². The van der Waals surface area contributed by atoms with Crippen molar-refractivity contribution >= 4 is 0 Å². The molecule has 72 valence electrons. The molecule has 0 aromatic heterocycles. The lowest BCUT2D eigenvalue weighted by atomic mass is 9.76. The molecule has 1 aliphatic rings. The fourth-order valence-corrected chi connectivity index (χ4v) is 2.12. The van der Waals surface area contributed by atoms with E-state index in [0.29, 0.717) is 5.92 Å². The number of hydrogen-bond donors (Lipinski definition) is 1. The van der Waals surface area contributed by atoms with Gasteiger partial charge in [0, 0.05) is 12.5 Å². The van der Waals surface area contributed by atoms with Crippen LogP contribution in [0, 0.1) is 5.92 Å². The SMILES string of the molecule is CN(C)C[C@H]1CCCC[C@]1(C)O. The third-order valence-corrected chi connectivity index (χ3v) is 2.95. The van der Waals surface area contributed by atoms with Gasteiger partial charge in [0.15, 0.2) is 0 Å². The van der Waals surface area contributed by atoms with Crippen molar-refractivity contribution in [1.29, 1.82) is 0 Å². The van der Waals surface area contributed by atoms with Gasteiger partial charge in [-0.1, -0.05) is 12.8 Å². The lowest BCUT2D eigenvalue weighted by Crippen LogP contribution is -2.42. The van der Waals surface area contributed by atoms with Crippen LogP contribution < -0.4 is 0 Å². The maximum atomic E-state index is 10.1. The second-order valence-corrected chi connectivity index (χ2v) is 4.56. The minimum Gasteiger partial charge on any atom is -0.390 e. The summed E-state index contributed by atoms with van der Waals surface area (Å²) in [6.07, 6.45) is 4.64. The predicted molar refractivity (Wildman–Crippen MR) is 51.1 cm³/mol. The van der Waals surface area contributed by atoms with Gasteiger partial charge in [-0.3, -0.25) is 0 Å². The smallest absolute Gasteiger partial charge is 0.0660 e. The van der Waals surface area contributed by atoms with Crippen LogP contribution in [0.3, 0.4) is 0 Å². The molecule has 2 atom stereocenters. The number of aliphatic hydroxyl groups is 1. The van der Waals surface area contributed by atoms with Crippen molar-refractivity contribution in [3.63, 3.8) is 0 Å². The molecule has 12 heavy (non-hydrogen) atoms. The quantitative estimate of drug-likeness (QED) is 0.680. The number of rotatable bonds is 2. The summed E-state index contributed by atoms with van der Waals surface area (Å²) in [5.74, 6) is 0.473. The molecule has 1 saturated carbocycles. The largest absolute Gasteiger partial charge is 0.390 e. The van der Waals surface area contributed by atoms with E-state index in [4.69, 9.17) is 0 Å². The van der Waals surface area contributed by atoms with Crippen LogP contribution in [0.2, 0.25) is 0 Å². The van der Waals surface area contributed by atoms with Crippen LogP contribution in [-0.4, -0.2) is 36.2 Å². The van der Waals surface area contributed by atoms with Gasteiger partial charge in [0.1, 0.15) is 0 Å². The minimum atomic E-state index is -0.414. The lowest BCUT2D eigenvalue weighted by Gasteiger charge is -2.38. The fraction of sp³-hybridized carbons (Fsp3) is 1.00. The van der Waals surface area contributed by atoms with Gasteiger partial charge in [0.05, 0.1) is 5.60 Å². The van der Waals surface area contributed by atoms with Gasteiger partial charge in [-0.2, -0.15) is 0 Å². The summed E-state index contributed by atoms with van der Waals surface area (Å²) in [6, 6.07) is 0. The van der Waals surface area contributed by atoms with E-state index in [2.05, 4.69) is 19.0 Å². The Morgan fingerprint density at radius 1 is 1.42 bits per heavy atom. The van der Waals surface area contributed by atoms with E-state index in [1.807, 2.05) is 6.92 Å². The molecule has 0 aliphatic heterocycles. The molecule has 0 amide bonds. The van der Waals surface area contributed by atoms with Gasteiger partial charge in [-0.25, -0.2) is 0 Å². The zero-order chi connectivity index (χ0) is 9.19. The Kier molecular flexibility index (Phi) is 3.13. The average Bonchev–Trinajstić information content (AvgIpc) is 1.92. The molecule has 2 heteroatoms. The van der Waals surface area contributed by atoms with Crippen molar-refractivity contribution in [2.75, 3.05) is 20.6 Å². The van der Waals surface area contributed by atoms with Crippen LogP contribution in [-0.2, 0) is 0 Å².